The van der Waals surface area contributed by atoms with Gasteiger partial charge in [0.2, 0.25) is 0 Å². The molecule has 0 aromatic rings. The lowest BCUT2D eigenvalue weighted by atomic mass is 10.1. The van der Waals surface area contributed by atoms with Gasteiger partial charge in [-0.25, -0.2) is 0 Å². The van der Waals surface area contributed by atoms with Gasteiger partial charge >= 0.3 is 0 Å². The first-order chi connectivity index (χ1) is 5.86. The summed E-state index contributed by atoms with van der Waals surface area (Å²) in [5.74, 6) is 2.07. The van der Waals surface area contributed by atoms with E-state index in [-0.39, 0.29) is 0 Å². The predicted molar refractivity (Wildman–Crippen MR) is 51.8 cm³/mol. The molecule has 1 N–H and O–H groups in total. The Kier molecular flexibility index (Phi) is 2.38. The molecule has 68 valence electrons. The van der Waals surface area contributed by atoms with Crippen LogP contribution in [-0.4, -0.2) is 6.54 Å². The van der Waals surface area contributed by atoms with Gasteiger partial charge in [-0.2, -0.15) is 0 Å². The van der Waals surface area contributed by atoms with Gasteiger partial charge in [0.25, 0.3) is 0 Å². The summed E-state index contributed by atoms with van der Waals surface area (Å²) in [6.07, 6.45) is 9.20. The molecule has 1 saturated carbocycles. The van der Waals surface area contributed by atoms with E-state index in [0.29, 0.717) is 0 Å². The molecule has 1 nitrogen and oxygen atoms in total. The third-order valence-electron chi connectivity index (χ3n) is 3.18. The van der Waals surface area contributed by atoms with E-state index in [2.05, 4.69) is 18.3 Å². The minimum Gasteiger partial charge on any atom is -0.389 e. The molecular weight excluding hydrogens is 146 g/mol. The van der Waals surface area contributed by atoms with Gasteiger partial charge in [-0.15, -0.1) is 0 Å². The largest absolute Gasteiger partial charge is 0.389 e. The van der Waals surface area contributed by atoms with Crippen LogP contribution in [0.1, 0.15) is 39.0 Å². The molecule has 1 aliphatic heterocycles. The lowest BCUT2D eigenvalue weighted by molar-refractivity contribution is 0.604. The topological polar surface area (TPSA) is 12.0 Å². The van der Waals surface area contributed by atoms with Gasteiger partial charge in [-0.1, -0.05) is 13.0 Å². The van der Waals surface area contributed by atoms with E-state index in [1.807, 2.05) is 0 Å². The second-order valence-electron chi connectivity index (χ2n) is 4.31. The van der Waals surface area contributed by atoms with Crippen LogP contribution in [0.25, 0.3) is 0 Å². The quantitative estimate of drug-likeness (QED) is 0.678. The van der Waals surface area contributed by atoms with Crippen molar-refractivity contribution >= 4 is 0 Å². The van der Waals surface area contributed by atoms with Crippen LogP contribution >= 0.6 is 0 Å². The molecule has 2 atom stereocenters. The van der Waals surface area contributed by atoms with Crippen molar-refractivity contribution in [2.45, 2.75) is 39.0 Å². The van der Waals surface area contributed by atoms with Crippen LogP contribution in [0.5, 0.6) is 0 Å². The van der Waals surface area contributed by atoms with Crippen molar-refractivity contribution < 1.29 is 0 Å². The average Bonchev–Trinajstić information content (AvgIpc) is 2.81. The lowest BCUT2D eigenvalue weighted by Gasteiger charge is -2.15. The maximum atomic E-state index is 3.48. The summed E-state index contributed by atoms with van der Waals surface area (Å²) < 4.78 is 0. The zero-order valence-corrected chi connectivity index (χ0v) is 7.97. The van der Waals surface area contributed by atoms with E-state index in [4.69, 9.17) is 0 Å². The van der Waals surface area contributed by atoms with E-state index in [1.165, 1.54) is 44.3 Å². The first-order valence-electron chi connectivity index (χ1n) is 5.29. The molecule has 0 amide bonds. The Hall–Kier alpha value is -0.460. The summed E-state index contributed by atoms with van der Waals surface area (Å²) in [6, 6.07) is 0. The van der Waals surface area contributed by atoms with Crippen LogP contribution in [0.3, 0.4) is 0 Å². The SMILES string of the molecule is CC1CC1CCC1=CCCCN1. The smallest absolute Gasteiger partial charge is 0.0146 e. The fourth-order valence-corrected chi connectivity index (χ4v) is 2.03. The monoisotopic (exact) mass is 165 g/mol. The molecule has 12 heavy (non-hydrogen) atoms. The summed E-state index contributed by atoms with van der Waals surface area (Å²) in [5, 5.41) is 3.48. The van der Waals surface area contributed by atoms with E-state index in [0.717, 1.165) is 11.8 Å². The maximum Gasteiger partial charge on any atom is 0.0146 e. The van der Waals surface area contributed by atoms with Crippen molar-refractivity contribution in [2.24, 2.45) is 11.8 Å². The zero-order chi connectivity index (χ0) is 8.39. The summed E-state index contributed by atoms with van der Waals surface area (Å²) >= 11 is 0. The molecule has 1 heteroatoms. The Balaban J connectivity index is 1.68. The van der Waals surface area contributed by atoms with Crippen LogP contribution in [-0.2, 0) is 0 Å². The molecule has 1 heterocycles. The highest BCUT2D eigenvalue weighted by molar-refractivity contribution is 5.03. The Labute approximate surface area is 75.2 Å². The Morgan fingerprint density at radius 3 is 3.00 bits per heavy atom. The van der Waals surface area contributed by atoms with E-state index < -0.39 is 0 Å². The van der Waals surface area contributed by atoms with Gasteiger partial charge in [-0.3, -0.25) is 0 Å². The normalized spacial score (nSPS) is 33.9. The molecule has 0 aromatic carbocycles. The van der Waals surface area contributed by atoms with E-state index in [1.54, 1.807) is 0 Å². The van der Waals surface area contributed by atoms with Crippen molar-refractivity contribution in [3.8, 4) is 0 Å². The predicted octanol–water partition coefficient (Wildman–Crippen LogP) is 2.69. The number of nitrogens with one attached hydrogen (secondary N) is 1. The highest BCUT2D eigenvalue weighted by atomic mass is 14.9. The van der Waals surface area contributed by atoms with E-state index in [9.17, 15) is 0 Å². The minimum absolute atomic E-state index is 1.02. The third-order valence-corrected chi connectivity index (χ3v) is 3.18. The molecule has 0 spiro atoms. The zero-order valence-electron chi connectivity index (χ0n) is 7.97. The van der Waals surface area contributed by atoms with Crippen molar-refractivity contribution in [1.82, 2.24) is 5.32 Å². The van der Waals surface area contributed by atoms with Crippen molar-refractivity contribution in [3.63, 3.8) is 0 Å². The molecule has 0 bridgehead atoms. The standard InChI is InChI=1S/C11H19N/c1-9-8-10(9)5-6-11-4-2-3-7-12-11/h4,9-10,12H,2-3,5-8H2,1H3. The summed E-state index contributed by atoms with van der Waals surface area (Å²) in [6.45, 7) is 3.57. The van der Waals surface area contributed by atoms with Gasteiger partial charge in [0, 0.05) is 12.2 Å². The first-order valence-corrected chi connectivity index (χ1v) is 5.29. The molecule has 2 unspecified atom stereocenters. The molecule has 0 radical (unpaired) electrons. The van der Waals surface area contributed by atoms with Crippen LogP contribution in [0.4, 0.5) is 0 Å². The van der Waals surface area contributed by atoms with Gasteiger partial charge in [0.1, 0.15) is 0 Å². The fourth-order valence-electron chi connectivity index (χ4n) is 2.03. The molecule has 2 rings (SSSR count). The first kappa shape index (κ1) is 8.15. The van der Waals surface area contributed by atoms with Crippen molar-refractivity contribution in [3.05, 3.63) is 11.8 Å². The van der Waals surface area contributed by atoms with Crippen molar-refractivity contribution in [2.75, 3.05) is 6.54 Å². The highest BCUT2D eigenvalue weighted by Crippen LogP contribution is 2.41. The van der Waals surface area contributed by atoms with Crippen LogP contribution in [0, 0.1) is 11.8 Å². The van der Waals surface area contributed by atoms with E-state index >= 15 is 0 Å². The summed E-state index contributed by atoms with van der Waals surface area (Å²) in [5.41, 5.74) is 1.51. The molecule has 0 aromatic heterocycles. The molecular formula is C11H19N. The number of rotatable bonds is 3. The van der Waals surface area contributed by atoms with Gasteiger partial charge in [0.15, 0.2) is 0 Å². The number of hydrogen-bond donors (Lipinski definition) is 1. The van der Waals surface area contributed by atoms with Crippen LogP contribution < -0.4 is 5.32 Å². The highest BCUT2D eigenvalue weighted by Gasteiger charge is 2.31. The van der Waals surface area contributed by atoms with Gasteiger partial charge in [0.05, 0.1) is 0 Å². The maximum absolute atomic E-state index is 3.48. The van der Waals surface area contributed by atoms with Crippen molar-refractivity contribution in [1.29, 1.82) is 0 Å². The Morgan fingerprint density at radius 2 is 2.42 bits per heavy atom. The summed E-state index contributed by atoms with van der Waals surface area (Å²) in [7, 11) is 0. The van der Waals surface area contributed by atoms with Crippen LogP contribution in [0.15, 0.2) is 11.8 Å². The molecule has 0 saturated heterocycles. The number of hydrogen-bond acceptors (Lipinski definition) is 1. The minimum atomic E-state index is 1.02. The van der Waals surface area contributed by atoms with Gasteiger partial charge < -0.3 is 5.32 Å². The van der Waals surface area contributed by atoms with Gasteiger partial charge in [-0.05, 0) is 43.9 Å². The fraction of sp³-hybridized carbons (Fsp3) is 0.818. The summed E-state index contributed by atoms with van der Waals surface area (Å²) in [4.78, 5) is 0. The third kappa shape index (κ3) is 2.02. The molecule has 2 aliphatic rings. The second kappa shape index (κ2) is 3.51. The Morgan fingerprint density at radius 1 is 1.58 bits per heavy atom. The lowest BCUT2D eigenvalue weighted by Crippen LogP contribution is -2.18. The average molecular weight is 165 g/mol. The molecule has 1 fully saturated rings. The second-order valence-corrected chi connectivity index (χ2v) is 4.31. The number of allylic oxidation sites excluding steroid dienone is 2. The van der Waals surface area contributed by atoms with Crippen LogP contribution in [0.2, 0.25) is 0 Å². The Bertz CT molecular complexity index is 183. The molecule has 1 aliphatic carbocycles.